The highest BCUT2D eigenvalue weighted by Crippen LogP contribution is 2.28. The van der Waals surface area contributed by atoms with Gasteiger partial charge in [-0.05, 0) is 72.8 Å². The Hall–Kier alpha value is -4.98. The van der Waals surface area contributed by atoms with Gasteiger partial charge in [-0.2, -0.15) is 0 Å². The molecular formula is C28H25N7O. The molecular weight excluding hydrogens is 450 g/mol. The smallest absolute Gasteiger partial charge is 0.274 e. The summed E-state index contributed by atoms with van der Waals surface area (Å²) in [7, 11) is 4.01. The third-order valence-corrected chi connectivity index (χ3v) is 5.63. The van der Waals surface area contributed by atoms with Gasteiger partial charge < -0.3 is 20.9 Å². The molecule has 5 rings (SSSR count). The minimum absolute atomic E-state index is 0.277. The van der Waals surface area contributed by atoms with Crippen LogP contribution in [0.2, 0.25) is 0 Å². The van der Waals surface area contributed by atoms with E-state index in [0.717, 1.165) is 39.3 Å². The molecule has 0 fully saturated rings. The highest BCUT2D eigenvalue weighted by molar-refractivity contribution is 6.03. The minimum atomic E-state index is -0.277. The summed E-state index contributed by atoms with van der Waals surface area (Å²) in [5.41, 5.74) is 6.55. The van der Waals surface area contributed by atoms with E-state index in [4.69, 9.17) is 0 Å². The Balaban J connectivity index is 1.25. The van der Waals surface area contributed by atoms with Crippen molar-refractivity contribution in [3.63, 3.8) is 0 Å². The van der Waals surface area contributed by atoms with E-state index in [2.05, 4.69) is 41.9 Å². The van der Waals surface area contributed by atoms with E-state index in [1.807, 2.05) is 74.8 Å². The first kappa shape index (κ1) is 22.8. The molecule has 0 spiro atoms. The molecule has 2 aromatic carbocycles. The lowest BCUT2D eigenvalue weighted by Gasteiger charge is -2.15. The molecule has 0 aliphatic rings. The summed E-state index contributed by atoms with van der Waals surface area (Å²) < 4.78 is 0. The van der Waals surface area contributed by atoms with Gasteiger partial charge in [-0.25, -0.2) is 4.98 Å². The van der Waals surface area contributed by atoms with Crippen LogP contribution in [0.4, 0.5) is 34.1 Å². The molecule has 8 heteroatoms. The fourth-order valence-corrected chi connectivity index (χ4v) is 3.71. The van der Waals surface area contributed by atoms with E-state index in [-0.39, 0.29) is 5.91 Å². The van der Waals surface area contributed by atoms with Gasteiger partial charge in [0.2, 0.25) is 0 Å². The van der Waals surface area contributed by atoms with Crippen molar-refractivity contribution in [2.75, 3.05) is 34.9 Å². The highest BCUT2D eigenvalue weighted by atomic mass is 16.1. The maximum Gasteiger partial charge on any atom is 0.274 e. The van der Waals surface area contributed by atoms with E-state index >= 15 is 0 Å². The van der Waals surface area contributed by atoms with Crippen molar-refractivity contribution < 1.29 is 4.79 Å². The molecule has 0 saturated carbocycles. The lowest BCUT2D eigenvalue weighted by Crippen LogP contribution is -2.13. The first-order chi connectivity index (χ1) is 17.5. The van der Waals surface area contributed by atoms with Crippen LogP contribution in [0.15, 0.2) is 97.6 Å². The second kappa shape index (κ2) is 10.1. The average Bonchev–Trinajstić information content (AvgIpc) is 2.91. The zero-order valence-corrected chi connectivity index (χ0v) is 19.9. The maximum atomic E-state index is 12.7. The number of rotatable bonds is 7. The van der Waals surface area contributed by atoms with Gasteiger partial charge in [0, 0.05) is 66.5 Å². The van der Waals surface area contributed by atoms with Gasteiger partial charge in [0.1, 0.15) is 5.69 Å². The number of amides is 1. The van der Waals surface area contributed by atoms with Crippen LogP contribution in [0.1, 0.15) is 10.5 Å². The topological polar surface area (TPSA) is 95.1 Å². The molecule has 3 heterocycles. The SMILES string of the molecule is CN(C)c1ccc2nccc(Nc3ccc(C(=O)Nc4ccc(Nc5ccncc5)cc4)nc3)c2c1. The van der Waals surface area contributed by atoms with Gasteiger partial charge in [0.05, 0.1) is 17.4 Å². The number of nitrogens with one attached hydrogen (secondary N) is 3. The third-order valence-electron chi connectivity index (χ3n) is 5.63. The van der Waals surface area contributed by atoms with Crippen molar-refractivity contribution in [2.45, 2.75) is 0 Å². The van der Waals surface area contributed by atoms with Crippen LogP contribution in [0.5, 0.6) is 0 Å². The molecule has 0 saturated heterocycles. The predicted octanol–water partition coefficient (Wildman–Crippen LogP) is 5.83. The van der Waals surface area contributed by atoms with Crippen LogP contribution in [-0.2, 0) is 0 Å². The molecule has 3 N–H and O–H groups in total. The normalized spacial score (nSPS) is 10.6. The van der Waals surface area contributed by atoms with Gasteiger partial charge in [-0.15, -0.1) is 0 Å². The third kappa shape index (κ3) is 5.23. The van der Waals surface area contributed by atoms with E-state index in [1.54, 1.807) is 30.9 Å². The molecule has 36 heavy (non-hydrogen) atoms. The van der Waals surface area contributed by atoms with Gasteiger partial charge in [0.15, 0.2) is 0 Å². The Bertz CT molecular complexity index is 1480. The first-order valence-corrected chi connectivity index (χ1v) is 11.4. The van der Waals surface area contributed by atoms with Crippen LogP contribution in [0.25, 0.3) is 10.9 Å². The van der Waals surface area contributed by atoms with Crippen molar-refractivity contribution in [1.29, 1.82) is 0 Å². The van der Waals surface area contributed by atoms with Gasteiger partial charge in [-0.3, -0.25) is 14.8 Å². The summed E-state index contributed by atoms with van der Waals surface area (Å²) in [6, 6.07) is 22.9. The molecule has 8 nitrogen and oxygen atoms in total. The first-order valence-electron chi connectivity index (χ1n) is 11.4. The molecule has 0 bridgehead atoms. The maximum absolute atomic E-state index is 12.7. The molecule has 0 aliphatic carbocycles. The quantitative estimate of drug-likeness (QED) is 0.273. The minimum Gasteiger partial charge on any atom is -0.378 e. The van der Waals surface area contributed by atoms with Crippen LogP contribution in [0.3, 0.4) is 0 Å². The number of hydrogen-bond acceptors (Lipinski definition) is 7. The van der Waals surface area contributed by atoms with Crippen molar-refractivity contribution in [2.24, 2.45) is 0 Å². The second-order valence-electron chi connectivity index (χ2n) is 8.40. The summed E-state index contributed by atoms with van der Waals surface area (Å²) in [5, 5.41) is 10.6. The Labute approximate surface area is 209 Å². The average molecular weight is 476 g/mol. The summed E-state index contributed by atoms with van der Waals surface area (Å²) in [6.45, 7) is 0. The number of aromatic nitrogens is 3. The van der Waals surface area contributed by atoms with Crippen LogP contribution in [0, 0.1) is 0 Å². The van der Waals surface area contributed by atoms with Crippen LogP contribution >= 0.6 is 0 Å². The van der Waals surface area contributed by atoms with Gasteiger partial charge in [-0.1, -0.05) is 0 Å². The fourth-order valence-electron chi connectivity index (χ4n) is 3.71. The van der Waals surface area contributed by atoms with Gasteiger partial charge in [0.25, 0.3) is 5.91 Å². The van der Waals surface area contributed by atoms with Gasteiger partial charge >= 0.3 is 0 Å². The molecule has 0 aliphatic heterocycles. The molecule has 3 aromatic heterocycles. The largest absolute Gasteiger partial charge is 0.378 e. The van der Waals surface area contributed by atoms with Crippen molar-refractivity contribution in [3.8, 4) is 0 Å². The molecule has 1 amide bonds. The van der Waals surface area contributed by atoms with E-state index < -0.39 is 0 Å². The van der Waals surface area contributed by atoms with E-state index in [9.17, 15) is 4.79 Å². The fraction of sp³-hybridized carbons (Fsp3) is 0.0714. The number of benzene rings is 2. The molecule has 178 valence electrons. The number of nitrogens with zero attached hydrogens (tertiary/aromatic N) is 4. The highest BCUT2D eigenvalue weighted by Gasteiger charge is 2.09. The summed E-state index contributed by atoms with van der Waals surface area (Å²) in [5.74, 6) is -0.277. The molecule has 5 aromatic rings. The predicted molar refractivity (Wildman–Crippen MR) is 146 cm³/mol. The summed E-state index contributed by atoms with van der Waals surface area (Å²) >= 11 is 0. The molecule has 0 atom stereocenters. The summed E-state index contributed by atoms with van der Waals surface area (Å²) in [6.07, 6.45) is 6.88. The van der Waals surface area contributed by atoms with E-state index in [1.165, 1.54) is 0 Å². The lowest BCUT2D eigenvalue weighted by atomic mass is 10.1. The Morgan fingerprint density at radius 1 is 0.722 bits per heavy atom. The Morgan fingerprint density at radius 2 is 1.44 bits per heavy atom. The van der Waals surface area contributed by atoms with Crippen LogP contribution < -0.4 is 20.9 Å². The van der Waals surface area contributed by atoms with Crippen molar-refractivity contribution in [1.82, 2.24) is 15.0 Å². The number of carbonyl (C=O) groups excluding carboxylic acids is 1. The monoisotopic (exact) mass is 475 g/mol. The zero-order chi connectivity index (χ0) is 24.9. The summed E-state index contributed by atoms with van der Waals surface area (Å²) in [4.78, 5) is 27.6. The number of hydrogen-bond donors (Lipinski definition) is 3. The number of fused-ring (bicyclic) bond motifs is 1. The zero-order valence-electron chi connectivity index (χ0n) is 19.9. The number of carbonyl (C=O) groups is 1. The Kier molecular flexibility index (Phi) is 6.40. The van der Waals surface area contributed by atoms with Crippen LogP contribution in [-0.4, -0.2) is 35.0 Å². The second-order valence-corrected chi connectivity index (χ2v) is 8.40. The van der Waals surface area contributed by atoms with Crippen molar-refractivity contribution in [3.05, 3.63) is 103 Å². The standard InChI is InChI=1S/C28H25N7O/c1-35(2)23-8-10-25-24(17-23)26(13-16-30-25)33-22-7-9-27(31-18-22)28(36)34-20-5-3-19(4-6-20)32-21-11-14-29-15-12-21/h3-18H,1-2H3,(H,29,32)(H,30,33)(H,34,36). The van der Waals surface area contributed by atoms with Crippen molar-refractivity contribution >= 4 is 50.9 Å². The lowest BCUT2D eigenvalue weighted by molar-refractivity contribution is 0.102. The van der Waals surface area contributed by atoms with E-state index in [0.29, 0.717) is 11.4 Å². The number of pyridine rings is 3. The molecule has 0 radical (unpaired) electrons. The number of anilines is 6. The molecule has 0 unspecified atom stereocenters. The Morgan fingerprint density at radius 3 is 2.17 bits per heavy atom.